The summed E-state index contributed by atoms with van der Waals surface area (Å²) in [7, 11) is 0. The molecular formula is C8H10O4. The molecule has 66 valence electrons. The standard InChI is InChI=1S/C8H10O4/c9-7(10)5-3-1-4(2-3)6(5)8(11)12/h3-6H,1-2H2,(H,9,10)(H,11,12). The Hall–Kier alpha value is -1.06. The van der Waals surface area contributed by atoms with Crippen molar-refractivity contribution in [3.8, 4) is 0 Å². The van der Waals surface area contributed by atoms with Crippen LogP contribution in [0.3, 0.4) is 0 Å². The Morgan fingerprint density at radius 3 is 1.50 bits per heavy atom. The van der Waals surface area contributed by atoms with Crippen molar-refractivity contribution in [2.45, 2.75) is 12.8 Å². The highest BCUT2D eigenvalue weighted by Crippen LogP contribution is 2.56. The minimum Gasteiger partial charge on any atom is -0.481 e. The minimum atomic E-state index is -0.938. The van der Waals surface area contributed by atoms with Gasteiger partial charge in [-0.25, -0.2) is 0 Å². The molecule has 2 bridgehead atoms. The van der Waals surface area contributed by atoms with Crippen LogP contribution < -0.4 is 0 Å². The number of hydrogen-bond acceptors (Lipinski definition) is 2. The third-order valence-corrected chi connectivity index (χ3v) is 3.18. The Labute approximate surface area is 69.2 Å². The third kappa shape index (κ3) is 0.777. The molecule has 0 aliphatic heterocycles. The van der Waals surface area contributed by atoms with Gasteiger partial charge in [-0.3, -0.25) is 9.59 Å². The van der Waals surface area contributed by atoms with E-state index in [1.54, 1.807) is 0 Å². The number of aliphatic carboxylic acids is 2. The summed E-state index contributed by atoms with van der Waals surface area (Å²) >= 11 is 0. The zero-order valence-electron chi connectivity index (χ0n) is 6.43. The summed E-state index contributed by atoms with van der Waals surface area (Å²) in [6.45, 7) is 0. The second kappa shape index (κ2) is 2.21. The lowest BCUT2D eigenvalue weighted by Gasteiger charge is -2.23. The molecule has 0 heterocycles. The van der Waals surface area contributed by atoms with E-state index in [0.29, 0.717) is 0 Å². The molecule has 3 aliphatic rings. The van der Waals surface area contributed by atoms with Crippen molar-refractivity contribution in [1.29, 1.82) is 0 Å². The van der Waals surface area contributed by atoms with Gasteiger partial charge in [-0.2, -0.15) is 0 Å². The molecular weight excluding hydrogens is 160 g/mol. The van der Waals surface area contributed by atoms with E-state index in [0.717, 1.165) is 12.8 Å². The number of carbonyl (C=O) groups is 2. The molecule has 0 amide bonds. The molecule has 0 spiro atoms. The maximum absolute atomic E-state index is 10.7. The van der Waals surface area contributed by atoms with E-state index in [-0.39, 0.29) is 11.8 Å². The molecule has 3 saturated carbocycles. The maximum atomic E-state index is 10.7. The minimum absolute atomic E-state index is 0.133. The van der Waals surface area contributed by atoms with Crippen molar-refractivity contribution in [3.05, 3.63) is 0 Å². The van der Waals surface area contributed by atoms with Crippen molar-refractivity contribution in [3.63, 3.8) is 0 Å². The first-order valence-corrected chi connectivity index (χ1v) is 4.07. The molecule has 3 fully saturated rings. The van der Waals surface area contributed by atoms with Gasteiger partial charge in [0.2, 0.25) is 0 Å². The van der Waals surface area contributed by atoms with Gasteiger partial charge in [-0.05, 0) is 24.7 Å². The van der Waals surface area contributed by atoms with Crippen LogP contribution in [0.2, 0.25) is 0 Å². The fraction of sp³-hybridized carbons (Fsp3) is 0.750. The SMILES string of the molecule is O=C(O)C1C2CC(C2)C1C(=O)O. The summed E-state index contributed by atoms with van der Waals surface area (Å²) in [4.78, 5) is 21.4. The Kier molecular flexibility index (Phi) is 1.40. The van der Waals surface area contributed by atoms with Gasteiger partial charge in [0, 0.05) is 0 Å². The highest BCUT2D eigenvalue weighted by atomic mass is 16.4. The summed E-state index contributed by atoms with van der Waals surface area (Å²) in [6, 6.07) is 0. The van der Waals surface area contributed by atoms with Crippen LogP contribution >= 0.6 is 0 Å². The van der Waals surface area contributed by atoms with E-state index in [4.69, 9.17) is 10.2 Å². The molecule has 0 aromatic carbocycles. The first-order valence-electron chi connectivity index (χ1n) is 4.07. The molecule has 2 unspecified atom stereocenters. The summed E-state index contributed by atoms with van der Waals surface area (Å²) in [5.41, 5.74) is 0. The molecule has 2 atom stereocenters. The van der Waals surface area contributed by atoms with Gasteiger partial charge in [0.15, 0.2) is 0 Å². The maximum Gasteiger partial charge on any atom is 0.307 e. The van der Waals surface area contributed by atoms with Crippen LogP contribution in [0, 0.1) is 23.7 Å². The van der Waals surface area contributed by atoms with Crippen molar-refractivity contribution in [2.24, 2.45) is 23.7 Å². The normalized spacial score (nSPS) is 43.7. The van der Waals surface area contributed by atoms with E-state index in [1.165, 1.54) is 0 Å². The lowest BCUT2D eigenvalue weighted by molar-refractivity contribution is -0.152. The quantitative estimate of drug-likeness (QED) is 0.630. The second-order valence-electron chi connectivity index (χ2n) is 3.72. The van der Waals surface area contributed by atoms with Crippen LogP contribution in [0.15, 0.2) is 0 Å². The molecule has 0 radical (unpaired) electrons. The van der Waals surface area contributed by atoms with Crippen LogP contribution in [0.1, 0.15) is 12.8 Å². The van der Waals surface area contributed by atoms with Crippen LogP contribution in [-0.2, 0) is 9.59 Å². The largest absolute Gasteiger partial charge is 0.481 e. The average molecular weight is 170 g/mol. The fourth-order valence-corrected chi connectivity index (χ4v) is 2.59. The number of rotatable bonds is 2. The van der Waals surface area contributed by atoms with Crippen LogP contribution in [0.5, 0.6) is 0 Å². The van der Waals surface area contributed by atoms with Crippen molar-refractivity contribution in [1.82, 2.24) is 0 Å². The molecule has 3 rings (SSSR count). The van der Waals surface area contributed by atoms with Crippen molar-refractivity contribution < 1.29 is 19.8 Å². The highest BCUT2D eigenvalue weighted by Gasteiger charge is 2.58. The summed E-state index contributed by atoms with van der Waals surface area (Å²) < 4.78 is 0. The number of hydrogen-bond donors (Lipinski definition) is 2. The van der Waals surface area contributed by atoms with Crippen molar-refractivity contribution in [2.75, 3.05) is 0 Å². The van der Waals surface area contributed by atoms with Crippen LogP contribution in [0.4, 0.5) is 0 Å². The molecule has 4 heteroatoms. The summed E-state index contributed by atoms with van der Waals surface area (Å²) in [5, 5.41) is 17.5. The van der Waals surface area contributed by atoms with Gasteiger partial charge in [0.05, 0.1) is 11.8 Å². The summed E-state index contributed by atoms with van der Waals surface area (Å²) in [5.74, 6) is -2.85. The van der Waals surface area contributed by atoms with Gasteiger partial charge in [-0.1, -0.05) is 0 Å². The smallest absolute Gasteiger partial charge is 0.307 e. The van der Waals surface area contributed by atoms with E-state index in [2.05, 4.69) is 0 Å². The van der Waals surface area contributed by atoms with E-state index in [1.807, 2.05) is 0 Å². The predicted molar refractivity (Wildman–Crippen MR) is 38.5 cm³/mol. The molecule has 12 heavy (non-hydrogen) atoms. The number of carboxylic acids is 2. The third-order valence-electron chi connectivity index (χ3n) is 3.18. The first kappa shape index (κ1) is 7.58. The number of carboxylic acid groups (broad SMARTS) is 2. The Morgan fingerprint density at radius 2 is 1.25 bits per heavy atom. The Bertz CT molecular complexity index is 217. The molecule has 2 N–H and O–H groups in total. The zero-order chi connectivity index (χ0) is 8.88. The van der Waals surface area contributed by atoms with Gasteiger partial charge in [0.1, 0.15) is 0 Å². The lowest BCUT2D eigenvalue weighted by Crippen LogP contribution is -2.25. The lowest BCUT2D eigenvalue weighted by atomic mass is 9.82. The highest BCUT2D eigenvalue weighted by molar-refractivity contribution is 5.82. The van der Waals surface area contributed by atoms with Gasteiger partial charge in [0.25, 0.3) is 0 Å². The van der Waals surface area contributed by atoms with Crippen molar-refractivity contribution >= 4 is 11.9 Å². The Balaban J connectivity index is 2.22. The van der Waals surface area contributed by atoms with Gasteiger partial charge < -0.3 is 10.2 Å². The monoisotopic (exact) mass is 170 g/mol. The number of fused-ring (bicyclic) bond motifs is 1. The summed E-state index contributed by atoms with van der Waals surface area (Å²) in [6.07, 6.45) is 1.60. The second-order valence-corrected chi connectivity index (χ2v) is 3.72. The fourth-order valence-electron chi connectivity index (χ4n) is 2.59. The average Bonchev–Trinajstić information content (AvgIpc) is 2.34. The van der Waals surface area contributed by atoms with Gasteiger partial charge in [-0.15, -0.1) is 0 Å². The van der Waals surface area contributed by atoms with Crippen LogP contribution in [-0.4, -0.2) is 22.2 Å². The van der Waals surface area contributed by atoms with E-state index < -0.39 is 23.8 Å². The molecule has 0 aromatic heterocycles. The molecule has 0 saturated heterocycles. The molecule has 0 aromatic rings. The van der Waals surface area contributed by atoms with E-state index in [9.17, 15) is 9.59 Å². The zero-order valence-corrected chi connectivity index (χ0v) is 6.43. The Morgan fingerprint density at radius 1 is 0.917 bits per heavy atom. The van der Waals surface area contributed by atoms with Gasteiger partial charge >= 0.3 is 11.9 Å². The van der Waals surface area contributed by atoms with Crippen LogP contribution in [0.25, 0.3) is 0 Å². The molecule has 3 aliphatic carbocycles. The molecule has 4 nitrogen and oxygen atoms in total. The first-order chi connectivity index (χ1) is 5.61. The predicted octanol–water partition coefficient (Wildman–Crippen LogP) is 0.428. The van der Waals surface area contributed by atoms with E-state index >= 15 is 0 Å². The topological polar surface area (TPSA) is 74.6 Å².